The van der Waals surface area contributed by atoms with Gasteiger partial charge in [0.15, 0.2) is 0 Å². The molecule has 2 unspecified atom stereocenters. The molecule has 0 aliphatic heterocycles. The number of carbonyl (C=O) groups excluding carboxylic acids is 1. The highest BCUT2D eigenvalue weighted by atomic mass is 32.1. The Morgan fingerprint density at radius 2 is 2.21 bits per heavy atom. The first-order chi connectivity index (χ1) is 9.10. The quantitative estimate of drug-likeness (QED) is 0.729. The van der Waals surface area contributed by atoms with Gasteiger partial charge < -0.3 is 11.5 Å². The summed E-state index contributed by atoms with van der Waals surface area (Å²) in [7, 11) is 0. The third-order valence-corrected chi connectivity index (χ3v) is 4.21. The summed E-state index contributed by atoms with van der Waals surface area (Å²) in [5.41, 5.74) is 11.6. The van der Waals surface area contributed by atoms with E-state index in [9.17, 15) is 4.79 Å². The molecule has 0 spiro atoms. The monoisotopic (exact) mass is 283 g/mol. The van der Waals surface area contributed by atoms with E-state index in [-0.39, 0.29) is 24.5 Å². The Morgan fingerprint density at radius 1 is 1.47 bits per heavy atom. The number of nitrogens with two attached hydrogens (primary N) is 2. The van der Waals surface area contributed by atoms with Crippen LogP contribution >= 0.6 is 11.3 Å². The fourth-order valence-corrected chi connectivity index (χ4v) is 3.16. The molecule has 19 heavy (non-hydrogen) atoms. The van der Waals surface area contributed by atoms with E-state index in [0.29, 0.717) is 0 Å². The van der Waals surface area contributed by atoms with Crippen molar-refractivity contribution in [3.63, 3.8) is 0 Å². The summed E-state index contributed by atoms with van der Waals surface area (Å²) in [6.07, 6.45) is 3.02. The van der Waals surface area contributed by atoms with Crippen LogP contribution in [-0.2, 0) is 4.79 Å². The first-order valence-electron chi connectivity index (χ1n) is 6.91. The number of hydrogen-bond acceptors (Lipinski definition) is 4. The van der Waals surface area contributed by atoms with Crippen molar-refractivity contribution in [2.75, 3.05) is 13.1 Å². The van der Waals surface area contributed by atoms with E-state index in [0.717, 1.165) is 25.8 Å². The Labute approximate surface area is 119 Å². The average molecular weight is 283 g/mol. The second-order valence-electron chi connectivity index (χ2n) is 4.82. The molecular formula is C14H25N3OS. The lowest BCUT2D eigenvalue weighted by Crippen LogP contribution is -2.44. The van der Waals surface area contributed by atoms with Crippen molar-refractivity contribution in [1.29, 1.82) is 0 Å². The normalized spacial score (nSPS) is 14.5. The number of hydrogen-bond donors (Lipinski definition) is 2. The Kier molecular flexibility index (Phi) is 7.05. The molecule has 1 rings (SSSR count). The summed E-state index contributed by atoms with van der Waals surface area (Å²) in [6.45, 7) is 5.35. The van der Waals surface area contributed by atoms with Gasteiger partial charge in [-0.3, -0.25) is 9.69 Å². The Morgan fingerprint density at radius 3 is 2.68 bits per heavy atom. The summed E-state index contributed by atoms with van der Waals surface area (Å²) >= 11 is 1.69. The van der Waals surface area contributed by atoms with Crippen LogP contribution in [0.2, 0.25) is 0 Å². The smallest absolute Gasteiger partial charge is 0.231 e. The lowest BCUT2D eigenvalue weighted by atomic mass is 10.0. The highest BCUT2D eigenvalue weighted by Gasteiger charge is 2.27. The predicted octanol–water partition coefficient (Wildman–Crippen LogP) is 2.11. The van der Waals surface area contributed by atoms with Gasteiger partial charge in [-0.2, -0.15) is 0 Å². The molecule has 1 heterocycles. The van der Waals surface area contributed by atoms with E-state index < -0.39 is 0 Å². The SMILES string of the molecule is CCCCN(CC(N)=O)C(c1cccs1)C(N)CC. The average Bonchev–Trinajstić information content (AvgIpc) is 2.88. The van der Waals surface area contributed by atoms with E-state index in [4.69, 9.17) is 11.5 Å². The van der Waals surface area contributed by atoms with Crippen molar-refractivity contribution in [1.82, 2.24) is 4.90 Å². The van der Waals surface area contributed by atoms with Gasteiger partial charge in [0.25, 0.3) is 0 Å². The van der Waals surface area contributed by atoms with E-state index in [1.807, 2.05) is 11.4 Å². The second-order valence-corrected chi connectivity index (χ2v) is 5.80. The van der Waals surface area contributed by atoms with Crippen molar-refractivity contribution >= 4 is 17.2 Å². The summed E-state index contributed by atoms with van der Waals surface area (Å²) in [5.74, 6) is -0.291. The molecule has 108 valence electrons. The minimum absolute atomic E-state index is 0.0230. The molecule has 2 atom stereocenters. The molecule has 0 saturated carbocycles. The van der Waals surface area contributed by atoms with Crippen LogP contribution in [0, 0.1) is 0 Å². The molecule has 4 N–H and O–H groups in total. The number of carbonyl (C=O) groups is 1. The van der Waals surface area contributed by atoms with E-state index in [1.54, 1.807) is 11.3 Å². The third kappa shape index (κ3) is 4.93. The van der Waals surface area contributed by atoms with Crippen LogP contribution in [0.4, 0.5) is 0 Å². The van der Waals surface area contributed by atoms with Gasteiger partial charge in [-0.1, -0.05) is 26.3 Å². The number of primary amides is 1. The van der Waals surface area contributed by atoms with Gasteiger partial charge in [0, 0.05) is 10.9 Å². The van der Waals surface area contributed by atoms with E-state index in [1.165, 1.54) is 4.88 Å². The third-order valence-electron chi connectivity index (χ3n) is 3.26. The molecule has 0 aliphatic rings. The van der Waals surface area contributed by atoms with Gasteiger partial charge in [0.05, 0.1) is 12.6 Å². The van der Waals surface area contributed by atoms with Gasteiger partial charge in [0.1, 0.15) is 0 Å². The van der Waals surface area contributed by atoms with Crippen LogP contribution in [0.25, 0.3) is 0 Å². The van der Waals surface area contributed by atoms with Gasteiger partial charge in [-0.25, -0.2) is 0 Å². The molecule has 0 aromatic carbocycles. The highest BCUT2D eigenvalue weighted by molar-refractivity contribution is 7.10. The molecule has 0 fully saturated rings. The first-order valence-corrected chi connectivity index (χ1v) is 7.79. The fraction of sp³-hybridized carbons (Fsp3) is 0.643. The van der Waals surface area contributed by atoms with Crippen LogP contribution < -0.4 is 11.5 Å². The van der Waals surface area contributed by atoms with Crippen molar-refractivity contribution in [3.8, 4) is 0 Å². The number of thiophene rings is 1. The highest BCUT2D eigenvalue weighted by Crippen LogP contribution is 2.28. The Hall–Kier alpha value is -0.910. The molecule has 4 nitrogen and oxygen atoms in total. The zero-order valence-electron chi connectivity index (χ0n) is 11.8. The van der Waals surface area contributed by atoms with Crippen LogP contribution in [0.15, 0.2) is 17.5 Å². The first kappa shape index (κ1) is 16.1. The molecule has 1 aromatic heterocycles. The van der Waals surface area contributed by atoms with Gasteiger partial charge in [0.2, 0.25) is 5.91 Å². The minimum Gasteiger partial charge on any atom is -0.369 e. The predicted molar refractivity (Wildman–Crippen MR) is 81.0 cm³/mol. The van der Waals surface area contributed by atoms with Gasteiger partial charge in [-0.05, 0) is 30.8 Å². The van der Waals surface area contributed by atoms with Crippen LogP contribution in [-0.4, -0.2) is 29.9 Å². The lowest BCUT2D eigenvalue weighted by Gasteiger charge is -2.34. The summed E-state index contributed by atoms with van der Waals surface area (Å²) in [5, 5.41) is 2.05. The van der Waals surface area contributed by atoms with Crippen molar-refractivity contribution in [3.05, 3.63) is 22.4 Å². The molecule has 0 radical (unpaired) electrons. The van der Waals surface area contributed by atoms with Gasteiger partial charge in [-0.15, -0.1) is 11.3 Å². The minimum atomic E-state index is -0.291. The number of unbranched alkanes of at least 4 members (excludes halogenated alkanes) is 1. The molecule has 1 aromatic rings. The lowest BCUT2D eigenvalue weighted by molar-refractivity contribution is -0.119. The second kappa shape index (κ2) is 8.30. The Balaban J connectivity index is 2.92. The summed E-state index contributed by atoms with van der Waals surface area (Å²) in [4.78, 5) is 14.6. The fourth-order valence-electron chi connectivity index (χ4n) is 2.22. The largest absolute Gasteiger partial charge is 0.369 e. The van der Waals surface area contributed by atoms with Crippen LogP contribution in [0.3, 0.4) is 0 Å². The van der Waals surface area contributed by atoms with Crippen molar-refractivity contribution in [2.24, 2.45) is 11.5 Å². The maximum absolute atomic E-state index is 11.3. The van der Waals surface area contributed by atoms with Gasteiger partial charge >= 0.3 is 0 Å². The van der Waals surface area contributed by atoms with Crippen molar-refractivity contribution < 1.29 is 4.79 Å². The molecule has 0 aliphatic carbocycles. The zero-order valence-corrected chi connectivity index (χ0v) is 12.7. The number of nitrogens with zero attached hydrogens (tertiary/aromatic N) is 1. The van der Waals surface area contributed by atoms with Crippen LogP contribution in [0.5, 0.6) is 0 Å². The van der Waals surface area contributed by atoms with E-state index in [2.05, 4.69) is 24.8 Å². The molecular weight excluding hydrogens is 258 g/mol. The number of amides is 1. The summed E-state index contributed by atoms with van der Waals surface area (Å²) in [6, 6.07) is 4.22. The maximum Gasteiger partial charge on any atom is 0.231 e. The standard InChI is InChI=1S/C14H25N3OS/c1-3-5-8-17(10-13(16)18)14(11(15)4-2)12-7-6-9-19-12/h6-7,9,11,14H,3-5,8,10,15H2,1-2H3,(H2,16,18). The number of rotatable bonds is 9. The molecule has 5 heteroatoms. The summed E-state index contributed by atoms with van der Waals surface area (Å²) < 4.78 is 0. The van der Waals surface area contributed by atoms with Crippen molar-refractivity contribution in [2.45, 2.75) is 45.2 Å². The molecule has 0 bridgehead atoms. The maximum atomic E-state index is 11.3. The molecule has 1 amide bonds. The Bertz CT molecular complexity index is 367. The van der Waals surface area contributed by atoms with E-state index >= 15 is 0 Å². The topological polar surface area (TPSA) is 72.3 Å². The zero-order chi connectivity index (χ0) is 14.3. The molecule has 0 saturated heterocycles. The van der Waals surface area contributed by atoms with Crippen LogP contribution in [0.1, 0.15) is 44.0 Å².